The number of fused-ring (bicyclic) bond motifs is 1. The number of nitrogens with zero attached hydrogens (tertiary/aromatic N) is 2. The van der Waals surface area contributed by atoms with Crippen molar-refractivity contribution in [2.24, 2.45) is 0 Å². The summed E-state index contributed by atoms with van der Waals surface area (Å²) in [5, 5.41) is 0. The number of aryl methyl sites for hydroxylation is 1. The molecule has 2 fully saturated rings. The van der Waals surface area contributed by atoms with Crippen LogP contribution in [-0.2, 0) is 14.6 Å². The molecule has 0 radical (unpaired) electrons. The fourth-order valence-electron chi connectivity index (χ4n) is 4.06. The predicted octanol–water partition coefficient (Wildman–Crippen LogP) is 3.24. The van der Waals surface area contributed by atoms with Crippen LogP contribution in [-0.4, -0.2) is 69.1 Å². The molecule has 0 bridgehead atoms. The molecule has 1 aromatic rings. The van der Waals surface area contributed by atoms with E-state index in [-0.39, 0.29) is 31.4 Å². The molecule has 1 aromatic heterocycles. The minimum absolute atomic E-state index is 0. The second-order valence-corrected chi connectivity index (χ2v) is 9.85. The first-order valence-corrected chi connectivity index (χ1v) is 11.5. The van der Waals surface area contributed by atoms with E-state index in [0.29, 0.717) is 45.0 Å². The monoisotopic (exact) mass is 428 g/mol. The number of ether oxygens (including phenoxy) is 3. The van der Waals surface area contributed by atoms with Gasteiger partial charge in [0, 0.05) is 31.4 Å². The Morgan fingerprint density at radius 1 is 1.17 bits per heavy atom. The molecule has 4 heterocycles. The zero-order valence-electron chi connectivity index (χ0n) is 15.9. The van der Waals surface area contributed by atoms with Crippen molar-refractivity contribution in [1.29, 1.82) is 0 Å². The van der Waals surface area contributed by atoms with Crippen molar-refractivity contribution in [3.8, 4) is 11.8 Å². The van der Waals surface area contributed by atoms with Crippen LogP contribution in [0.25, 0.3) is 0 Å². The topological polar surface area (TPSA) is 78.0 Å². The first kappa shape index (κ1) is 23.9. The number of likely N-dealkylation sites (tertiary alicyclic amines) is 1. The first-order chi connectivity index (χ1) is 13.0. The summed E-state index contributed by atoms with van der Waals surface area (Å²) in [4.78, 5) is 7.06. The summed E-state index contributed by atoms with van der Waals surface area (Å²) in [5.41, 5.74) is 0.219. The van der Waals surface area contributed by atoms with Crippen molar-refractivity contribution < 1.29 is 22.6 Å². The zero-order chi connectivity index (χ0) is 18.9. The van der Waals surface area contributed by atoms with Crippen LogP contribution >= 0.6 is 0 Å². The van der Waals surface area contributed by atoms with Crippen LogP contribution in [0.1, 0.15) is 52.5 Å². The lowest BCUT2D eigenvalue weighted by Crippen LogP contribution is -2.42. The van der Waals surface area contributed by atoms with Crippen molar-refractivity contribution >= 4 is 9.84 Å². The van der Waals surface area contributed by atoms with Gasteiger partial charge in [-0.15, -0.1) is 0 Å². The van der Waals surface area contributed by atoms with Crippen molar-refractivity contribution in [2.45, 2.75) is 64.4 Å². The van der Waals surface area contributed by atoms with Crippen molar-refractivity contribution in [3.63, 3.8) is 0 Å². The molecule has 0 saturated carbocycles. The quantitative estimate of drug-likeness (QED) is 0.728. The molecule has 0 unspecified atom stereocenters. The van der Waals surface area contributed by atoms with Gasteiger partial charge < -0.3 is 14.2 Å². The third-order valence-corrected chi connectivity index (χ3v) is 7.53. The largest absolute Gasteiger partial charge is 0.476 e. The summed E-state index contributed by atoms with van der Waals surface area (Å²) in [6.45, 7) is 6.64. The Morgan fingerprint density at radius 3 is 2.55 bits per heavy atom. The van der Waals surface area contributed by atoms with Gasteiger partial charge in [0.2, 0.25) is 11.8 Å². The second-order valence-electron chi connectivity index (χ2n) is 7.78. The van der Waals surface area contributed by atoms with E-state index in [1.165, 1.54) is 12.8 Å². The maximum atomic E-state index is 12.8. The van der Waals surface area contributed by atoms with E-state index in [2.05, 4.69) is 9.88 Å². The zero-order valence-corrected chi connectivity index (χ0v) is 16.7. The van der Waals surface area contributed by atoms with E-state index in [1.54, 1.807) is 6.07 Å². The van der Waals surface area contributed by atoms with Crippen molar-refractivity contribution in [2.75, 3.05) is 45.2 Å². The van der Waals surface area contributed by atoms with Gasteiger partial charge in [0.25, 0.3) is 0 Å². The van der Waals surface area contributed by atoms with E-state index in [4.69, 9.17) is 14.2 Å². The van der Waals surface area contributed by atoms with Gasteiger partial charge in [-0.1, -0.05) is 14.9 Å². The number of hydrogen-bond donors (Lipinski definition) is 0. The predicted molar refractivity (Wildman–Crippen MR) is 114 cm³/mol. The summed E-state index contributed by atoms with van der Waals surface area (Å²) in [5.74, 6) is 0.736. The van der Waals surface area contributed by atoms with E-state index in [9.17, 15) is 8.42 Å². The standard InChI is InChI=1S/C19H28N2O5S.2CH4/c1-15-14-16-18(20-17(15)25-12-9-21-7-2-3-8-21)26-19(4-10-24-11-5-19)6-13-27(16,22)23;;/h14H,2-13H2,1H3;2*1H4. The normalized spacial score (nSPS) is 22.5. The number of rotatable bonds is 4. The Morgan fingerprint density at radius 2 is 1.86 bits per heavy atom. The molecule has 3 aliphatic rings. The Kier molecular flexibility index (Phi) is 7.93. The Hall–Kier alpha value is -1.38. The SMILES string of the molecule is C.C.Cc1cc2c(nc1OCCN1CCCC1)OC1(CCOCC1)CCS2(=O)=O. The van der Waals surface area contributed by atoms with Crippen molar-refractivity contribution in [3.05, 3.63) is 11.6 Å². The fraction of sp³-hybridized carbons (Fsp3) is 0.762. The molecular weight excluding hydrogens is 392 g/mol. The van der Waals surface area contributed by atoms with Crippen LogP contribution in [0.4, 0.5) is 0 Å². The highest BCUT2D eigenvalue weighted by Gasteiger charge is 2.41. The maximum Gasteiger partial charge on any atom is 0.236 e. The lowest BCUT2D eigenvalue weighted by molar-refractivity contribution is -0.0501. The number of aromatic nitrogens is 1. The molecule has 7 nitrogen and oxygen atoms in total. The van der Waals surface area contributed by atoms with E-state index in [1.807, 2.05) is 6.92 Å². The summed E-state index contributed by atoms with van der Waals surface area (Å²) < 4.78 is 43.1. The Balaban J connectivity index is 0.00000150. The maximum absolute atomic E-state index is 12.8. The smallest absolute Gasteiger partial charge is 0.236 e. The molecule has 0 atom stereocenters. The molecule has 0 N–H and O–H groups in total. The second kappa shape index (κ2) is 9.62. The van der Waals surface area contributed by atoms with Gasteiger partial charge in [0.05, 0.1) is 19.0 Å². The Labute approximate surface area is 175 Å². The third kappa shape index (κ3) is 5.22. The molecule has 8 heteroatoms. The Bertz CT molecular complexity index is 785. The molecule has 3 aliphatic heterocycles. The summed E-state index contributed by atoms with van der Waals surface area (Å²) >= 11 is 0. The van der Waals surface area contributed by atoms with Crippen LogP contribution in [0.15, 0.2) is 11.0 Å². The highest BCUT2D eigenvalue weighted by molar-refractivity contribution is 7.91. The van der Waals surface area contributed by atoms with Gasteiger partial charge in [-0.3, -0.25) is 4.90 Å². The number of hydrogen-bond acceptors (Lipinski definition) is 7. The van der Waals surface area contributed by atoms with E-state index >= 15 is 0 Å². The minimum Gasteiger partial charge on any atom is -0.476 e. The molecule has 4 rings (SSSR count). The van der Waals surface area contributed by atoms with Gasteiger partial charge in [0.15, 0.2) is 9.84 Å². The molecule has 29 heavy (non-hydrogen) atoms. The lowest BCUT2D eigenvalue weighted by Gasteiger charge is -2.35. The molecule has 2 saturated heterocycles. The molecule has 0 amide bonds. The molecular formula is C21H36N2O5S. The third-order valence-electron chi connectivity index (χ3n) is 5.82. The molecule has 166 valence electrons. The van der Waals surface area contributed by atoms with Crippen LogP contribution in [0.2, 0.25) is 0 Å². The first-order valence-electron chi connectivity index (χ1n) is 9.84. The van der Waals surface area contributed by atoms with Crippen LogP contribution in [0, 0.1) is 6.92 Å². The van der Waals surface area contributed by atoms with Gasteiger partial charge in [-0.05, 0) is 38.9 Å². The summed E-state index contributed by atoms with van der Waals surface area (Å²) in [6, 6.07) is 1.65. The van der Waals surface area contributed by atoms with Gasteiger partial charge in [0.1, 0.15) is 17.1 Å². The fourth-order valence-corrected chi connectivity index (χ4v) is 5.63. The van der Waals surface area contributed by atoms with Gasteiger partial charge in [-0.2, -0.15) is 4.98 Å². The van der Waals surface area contributed by atoms with Crippen molar-refractivity contribution in [1.82, 2.24) is 9.88 Å². The average molecular weight is 429 g/mol. The molecule has 0 aliphatic carbocycles. The van der Waals surface area contributed by atoms with Gasteiger partial charge in [-0.25, -0.2) is 8.42 Å². The number of sulfone groups is 1. The van der Waals surface area contributed by atoms with Crippen LogP contribution < -0.4 is 9.47 Å². The lowest BCUT2D eigenvalue weighted by atomic mass is 9.91. The minimum atomic E-state index is -3.42. The summed E-state index contributed by atoms with van der Waals surface area (Å²) in [7, 11) is -3.42. The highest BCUT2D eigenvalue weighted by Crippen LogP contribution is 2.39. The number of pyridine rings is 1. The van der Waals surface area contributed by atoms with Crippen LogP contribution in [0.3, 0.4) is 0 Å². The summed E-state index contributed by atoms with van der Waals surface area (Å²) in [6.07, 6.45) is 4.33. The molecule has 0 aromatic carbocycles. The molecule has 1 spiro atoms. The van der Waals surface area contributed by atoms with E-state index in [0.717, 1.165) is 25.2 Å². The average Bonchev–Trinajstić information content (AvgIpc) is 3.13. The van der Waals surface area contributed by atoms with Crippen LogP contribution in [0.5, 0.6) is 11.8 Å². The highest BCUT2D eigenvalue weighted by atomic mass is 32.2. The van der Waals surface area contributed by atoms with E-state index < -0.39 is 15.4 Å². The van der Waals surface area contributed by atoms with Gasteiger partial charge >= 0.3 is 0 Å².